The average molecular weight is 374 g/mol. The van der Waals surface area contributed by atoms with E-state index in [-0.39, 0.29) is 5.91 Å². The van der Waals surface area contributed by atoms with Crippen molar-refractivity contribution < 1.29 is 9.21 Å². The van der Waals surface area contributed by atoms with Crippen molar-refractivity contribution in [1.82, 2.24) is 4.98 Å². The summed E-state index contributed by atoms with van der Waals surface area (Å²) in [4.78, 5) is 16.9. The van der Waals surface area contributed by atoms with E-state index in [0.29, 0.717) is 10.8 Å². The van der Waals surface area contributed by atoms with Gasteiger partial charge in [-0.1, -0.05) is 54.2 Å². The Morgan fingerprint density at radius 1 is 1.00 bits per heavy atom. The maximum Gasteiger partial charge on any atom is 0.257 e. The van der Waals surface area contributed by atoms with Gasteiger partial charge in [0.2, 0.25) is 0 Å². The number of nitrogens with zero attached hydrogens (tertiary/aromatic N) is 1. The number of anilines is 1. The Labute approximate surface area is 161 Å². The van der Waals surface area contributed by atoms with E-state index in [9.17, 15) is 4.79 Å². The minimum absolute atomic E-state index is 0.109. The quantitative estimate of drug-likeness (QED) is 0.457. The summed E-state index contributed by atoms with van der Waals surface area (Å²) in [5.74, 6) is 0.620. The summed E-state index contributed by atoms with van der Waals surface area (Å²) in [7, 11) is 0. The molecule has 0 radical (unpaired) electrons. The number of amides is 1. The standard InChI is InChI=1S/C22H18N2O2S/c1-15-6-2-3-7-18(15)23-21(25)17-12-10-16(11-13-17)14-27-22-24-19-8-4-5-9-20(19)26-22/h2-13H,14H2,1H3,(H,23,25). The van der Waals surface area contributed by atoms with Crippen molar-refractivity contribution >= 4 is 34.5 Å². The van der Waals surface area contributed by atoms with Crippen LogP contribution in [0, 0.1) is 6.92 Å². The molecule has 134 valence electrons. The number of thioether (sulfide) groups is 1. The third-order valence-corrected chi connectivity index (χ3v) is 5.15. The molecule has 0 atom stereocenters. The highest BCUT2D eigenvalue weighted by atomic mass is 32.2. The van der Waals surface area contributed by atoms with E-state index in [4.69, 9.17) is 4.42 Å². The number of rotatable bonds is 5. The molecule has 0 saturated heterocycles. The first-order valence-corrected chi connectivity index (χ1v) is 9.62. The number of fused-ring (bicyclic) bond motifs is 1. The molecule has 0 spiro atoms. The van der Waals surface area contributed by atoms with E-state index in [0.717, 1.165) is 33.7 Å². The van der Waals surface area contributed by atoms with Crippen LogP contribution in [0.5, 0.6) is 0 Å². The molecule has 5 heteroatoms. The molecule has 1 amide bonds. The highest BCUT2D eigenvalue weighted by Crippen LogP contribution is 2.26. The highest BCUT2D eigenvalue weighted by Gasteiger charge is 2.09. The van der Waals surface area contributed by atoms with Crippen LogP contribution < -0.4 is 5.32 Å². The maximum atomic E-state index is 12.4. The fraction of sp³-hybridized carbons (Fsp3) is 0.0909. The van der Waals surface area contributed by atoms with E-state index in [1.165, 1.54) is 11.8 Å². The summed E-state index contributed by atoms with van der Waals surface area (Å²) in [6.07, 6.45) is 0. The Bertz CT molecular complexity index is 1050. The summed E-state index contributed by atoms with van der Waals surface area (Å²) in [6, 6.07) is 23.1. The SMILES string of the molecule is Cc1ccccc1NC(=O)c1ccc(CSc2nc3ccccc3o2)cc1. The van der Waals surface area contributed by atoms with Gasteiger partial charge in [-0.05, 0) is 48.4 Å². The fourth-order valence-corrected chi connectivity index (χ4v) is 3.51. The van der Waals surface area contributed by atoms with Gasteiger partial charge in [0.15, 0.2) is 5.58 Å². The summed E-state index contributed by atoms with van der Waals surface area (Å²) >= 11 is 1.54. The number of nitrogens with one attached hydrogen (secondary N) is 1. The number of para-hydroxylation sites is 3. The second-order valence-electron chi connectivity index (χ2n) is 6.20. The van der Waals surface area contributed by atoms with Crippen LogP contribution >= 0.6 is 11.8 Å². The zero-order valence-corrected chi connectivity index (χ0v) is 15.6. The van der Waals surface area contributed by atoms with Crippen molar-refractivity contribution in [3.05, 3.63) is 89.5 Å². The number of oxazole rings is 1. The molecule has 0 unspecified atom stereocenters. The monoisotopic (exact) mass is 374 g/mol. The molecule has 3 aromatic carbocycles. The van der Waals surface area contributed by atoms with Crippen LogP contribution in [0.1, 0.15) is 21.5 Å². The van der Waals surface area contributed by atoms with Crippen molar-refractivity contribution in [1.29, 1.82) is 0 Å². The molecule has 0 bridgehead atoms. The lowest BCUT2D eigenvalue weighted by Crippen LogP contribution is -2.12. The molecule has 0 aliphatic carbocycles. The summed E-state index contributed by atoms with van der Waals surface area (Å²) in [5.41, 5.74) is 5.27. The van der Waals surface area contributed by atoms with Crippen LogP contribution in [-0.4, -0.2) is 10.9 Å². The molecule has 0 aliphatic rings. The molecule has 1 aromatic heterocycles. The minimum Gasteiger partial charge on any atom is -0.431 e. The summed E-state index contributed by atoms with van der Waals surface area (Å²) in [6.45, 7) is 1.97. The third kappa shape index (κ3) is 4.04. The van der Waals surface area contributed by atoms with E-state index >= 15 is 0 Å². The first-order chi connectivity index (χ1) is 13.2. The lowest BCUT2D eigenvalue weighted by molar-refractivity contribution is 0.102. The molecule has 27 heavy (non-hydrogen) atoms. The molecule has 1 N–H and O–H groups in total. The first kappa shape index (κ1) is 17.4. The molecule has 1 heterocycles. The van der Waals surface area contributed by atoms with Gasteiger partial charge in [-0.2, -0.15) is 0 Å². The average Bonchev–Trinajstić information content (AvgIpc) is 3.11. The van der Waals surface area contributed by atoms with Crippen molar-refractivity contribution in [3.63, 3.8) is 0 Å². The predicted octanol–water partition coefficient (Wildman–Crippen LogP) is 5.68. The normalized spacial score (nSPS) is 10.9. The summed E-state index contributed by atoms with van der Waals surface area (Å²) in [5, 5.41) is 3.60. The van der Waals surface area contributed by atoms with Gasteiger partial charge in [0.05, 0.1) is 0 Å². The van der Waals surface area contributed by atoms with Crippen molar-refractivity contribution in [2.24, 2.45) is 0 Å². The van der Waals surface area contributed by atoms with Crippen LogP contribution in [0.4, 0.5) is 5.69 Å². The zero-order valence-electron chi connectivity index (χ0n) is 14.8. The Hall–Kier alpha value is -3.05. The second kappa shape index (κ2) is 7.68. The van der Waals surface area contributed by atoms with Crippen LogP contribution in [0.25, 0.3) is 11.1 Å². The molecule has 0 aliphatic heterocycles. The third-order valence-electron chi connectivity index (χ3n) is 4.25. The molecule has 4 aromatic rings. The number of hydrogen-bond donors (Lipinski definition) is 1. The lowest BCUT2D eigenvalue weighted by Gasteiger charge is -2.08. The van der Waals surface area contributed by atoms with Gasteiger partial charge in [0.1, 0.15) is 5.52 Å². The number of carbonyl (C=O) groups excluding carboxylic acids is 1. The number of hydrogen-bond acceptors (Lipinski definition) is 4. The van der Waals surface area contributed by atoms with E-state index < -0.39 is 0 Å². The predicted molar refractivity (Wildman–Crippen MR) is 109 cm³/mol. The van der Waals surface area contributed by atoms with Crippen LogP contribution in [0.3, 0.4) is 0 Å². The van der Waals surface area contributed by atoms with Gasteiger partial charge in [-0.15, -0.1) is 0 Å². The van der Waals surface area contributed by atoms with Gasteiger partial charge in [-0.25, -0.2) is 4.98 Å². The first-order valence-electron chi connectivity index (χ1n) is 8.63. The molecular weight excluding hydrogens is 356 g/mol. The van der Waals surface area contributed by atoms with E-state index in [1.54, 1.807) is 0 Å². The maximum absolute atomic E-state index is 12.4. The van der Waals surface area contributed by atoms with Gasteiger partial charge in [-0.3, -0.25) is 4.79 Å². The van der Waals surface area contributed by atoms with E-state index in [1.807, 2.05) is 79.7 Å². The summed E-state index contributed by atoms with van der Waals surface area (Å²) < 4.78 is 5.72. The van der Waals surface area contributed by atoms with Gasteiger partial charge in [0.25, 0.3) is 11.1 Å². The lowest BCUT2D eigenvalue weighted by atomic mass is 10.1. The second-order valence-corrected chi connectivity index (χ2v) is 7.13. The highest BCUT2D eigenvalue weighted by molar-refractivity contribution is 7.98. The molecule has 4 rings (SSSR count). The van der Waals surface area contributed by atoms with Crippen molar-refractivity contribution in [2.45, 2.75) is 17.9 Å². The zero-order chi connectivity index (χ0) is 18.6. The van der Waals surface area contributed by atoms with Gasteiger partial charge >= 0.3 is 0 Å². The minimum atomic E-state index is -0.109. The number of aromatic nitrogens is 1. The number of aryl methyl sites for hydroxylation is 1. The Kier molecular flexibility index (Phi) is 4.94. The number of benzene rings is 3. The molecular formula is C22H18N2O2S. The van der Waals surface area contributed by atoms with Gasteiger partial charge < -0.3 is 9.73 Å². The van der Waals surface area contributed by atoms with Gasteiger partial charge in [0, 0.05) is 17.0 Å². The van der Waals surface area contributed by atoms with Crippen LogP contribution in [0.2, 0.25) is 0 Å². The Balaban J connectivity index is 1.39. The van der Waals surface area contributed by atoms with Crippen LogP contribution in [0.15, 0.2) is 82.4 Å². The van der Waals surface area contributed by atoms with Crippen LogP contribution in [-0.2, 0) is 5.75 Å². The fourth-order valence-electron chi connectivity index (χ4n) is 2.72. The largest absolute Gasteiger partial charge is 0.431 e. The van der Waals surface area contributed by atoms with E-state index in [2.05, 4.69) is 10.3 Å². The molecule has 0 saturated carbocycles. The molecule has 4 nitrogen and oxygen atoms in total. The van der Waals surface area contributed by atoms with Crippen molar-refractivity contribution in [3.8, 4) is 0 Å². The number of carbonyl (C=O) groups is 1. The Morgan fingerprint density at radius 2 is 1.74 bits per heavy atom. The van der Waals surface area contributed by atoms with Crippen molar-refractivity contribution in [2.75, 3.05) is 5.32 Å². The smallest absolute Gasteiger partial charge is 0.257 e. The molecule has 0 fully saturated rings. The topological polar surface area (TPSA) is 55.1 Å². The Morgan fingerprint density at radius 3 is 2.52 bits per heavy atom.